The minimum absolute atomic E-state index is 0.390. The van der Waals surface area contributed by atoms with Crippen molar-refractivity contribution in [2.24, 2.45) is 10.9 Å². The fourth-order valence-electron chi connectivity index (χ4n) is 2.73. The zero-order valence-electron chi connectivity index (χ0n) is 13.7. The molecule has 0 saturated carbocycles. The van der Waals surface area contributed by atoms with Gasteiger partial charge in [-0.15, -0.1) is 0 Å². The van der Waals surface area contributed by atoms with Gasteiger partial charge in [0.15, 0.2) is 5.17 Å². The first-order chi connectivity index (χ1) is 11.5. The largest absolute Gasteiger partial charge is 0.349 e. The summed E-state index contributed by atoms with van der Waals surface area (Å²) in [6, 6.07) is 16.2. The summed E-state index contributed by atoms with van der Waals surface area (Å²) in [5, 5.41) is 2.46. The highest BCUT2D eigenvalue weighted by molar-refractivity contribution is 8.14. The van der Waals surface area contributed by atoms with Crippen molar-refractivity contribution < 1.29 is 0 Å². The molecule has 0 amide bonds. The zero-order chi connectivity index (χ0) is 17.1. The summed E-state index contributed by atoms with van der Waals surface area (Å²) in [7, 11) is 0. The van der Waals surface area contributed by atoms with Crippen molar-refractivity contribution in [2.75, 3.05) is 13.1 Å². The van der Waals surface area contributed by atoms with Crippen LogP contribution >= 0.6 is 35.0 Å². The SMILES string of the molecule is CC(C)CN1CC(c2ccccc2)S/C1=N\c1cccc(Cl)c1Cl. The molecule has 1 atom stereocenters. The molecule has 0 aromatic heterocycles. The summed E-state index contributed by atoms with van der Waals surface area (Å²) in [4.78, 5) is 7.17. The normalized spacial score (nSPS) is 19.5. The van der Waals surface area contributed by atoms with E-state index in [9.17, 15) is 0 Å². The third kappa shape index (κ3) is 4.08. The Bertz CT molecular complexity index is 731. The number of amidine groups is 1. The van der Waals surface area contributed by atoms with Crippen LogP contribution in [0.2, 0.25) is 10.0 Å². The number of thioether (sulfide) groups is 1. The van der Waals surface area contributed by atoms with Gasteiger partial charge >= 0.3 is 0 Å². The maximum Gasteiger partial charge on any atom is 0.165 e. The molecule has 24 heavy (non-hydrogen) atoms. The molecule has 2 aromatic rings. The van der Waals surface area contributed by atoms with Gasteiger partial charge in [0.1, 0.15) is 0 Å². The van der Waals surface area contributed by atoms with Gasteiger partial charge in [0, 0.05) is 13.1 Å². The molecule has 1 heterocycles. The Morgan fingerprint density at radius 1 is 1.12 bits per heavy atom. The van der Waals surface area contributed by atoms with Gasteiger partial charge < -0.3 is 4.90 Å². The molecular weight excluding hydrogens is 359 g/mol. The van der Waals surface area contributed by atoms with E-state index in [0.29, 0.717) is 21.2 Å². The molecule has 0 aliphatic carbocycles. The Balaban J connectivity index is 1.91. The Morgan fingerprint density at radius 2 is 1.88 bits per heavy atom. The molecule has 1 unspecified atom stereocenters. The molecule has 0 bridgehead atoms. The van der Waals surface area contributed by atoms with Crippen LogP contribution in [-0.4, -0.2) is 23.2 Å². The van der Waals surface area contributed by atoms with Crippen LogP contribution in [0, 0.1) is 5.92 Å². The number of aliphatic imine (C=N–C) groups is 1. The molecular formula is C19H20Cl2N2S. The van der Waals surface area contributed by atoms with Crippen molar-refractivity contribution in [3.05, 3.63) is 64.1 Å². The molecule has 5 heteroatoms. The lowest BCUT2D eigenvalue weighted by Crippen LogP contribution is -2.28. The Labute approximate surface area is 157 Å². The average molecular weight is 379 g/mol. The van der Waals surface area contributed by atoms with Crippen molar-refractivity contribution in [3.8, 4) is 0 Å². The van der Waals surface area contributed by atoms with Crippen molar-refractivity contribution in [1.82, 2.24) is 4.90 Å². The van der Waals surface area contributed by atoms with Gasteiger partial charge in [0.25, 0.3) is 0 Å². The van der Waals surface area contributed by atoms with Gasteiger partial charge in [-0.1, -0.05) is 85.2 Å². The van der Waals surface area contributed by atoms with Gasteiger partial charge in [0.05, 0.1) is 21.0 Å². The topological polar surface area (TPSA) is 15.6 Å². The second-order valence-electron chi connectivity index (χ2n) is 6.28. The Hall–Kier alpha value is -1.16. The van der Waals surface area contributed by atoms with E-state index in [0.717, 1.165) is 23.9 Å². The lowest BCUT2D eigenvalue weighted by molar-refractivity contribution is 0.381. The number of hydrogen-bond acceptors (Lipinski definition) is 2. The zero-order valence-corrected chi connectivity index (χ0v) is 16.1. The lowest BCUT2D eigenvalue weighted by atomic mass is 10.1. The van der Waals surface area contributed by atoms with Crippen molar-refractivity contribution in [2.45, 2.75) is 19.1 Å². The predicted octanol–water partition coefficient (Wildman–Crippen LogP) is 6.43. The maximum absolute atomic E-state index is 6.31. The van der Waals surface area contributed by atoms with Crippen LogP contribution in [0.5, 0.6) is 0 Å². The summed E-state index contributed by atoms with van der Waals surface area (Å²) in [5.74, 6) is 0.570. The van der Waals surface area contributed by atoms with E-state index < -0.39 is 0 Å². The van der Waals surface area contributed by atoms with Gasteiger partial charge in [-0.25, -0.2) is 4.99 Å². The van der Waals surface area contributed by atoms with Crippen molar-refractivity contribution in [1.29, 1.82) is 0 Å². The molecule has 2 nitrogen and oxygen atoms in total. The highest BCUT2D eigenvalue weighted by atomic mass is 35.5. The van der Waals surface area contributed by atoms with E-state index in [1.54, 1.807) is 17.8 Å². The Morgan fingerprint density at radius 3 is 2.58 bits per heavy atom. The van der Waals surface area contributed by atoms with Crippen LogP contribution in [0.3, 0.4) is 0 Å². The van der Waals surface area contributed by atoms with E-state index in [4.69, 9.17) is 28.2 Å². The predicted molar refractivity (Wildman–Crippen MR) is 107 cm³/mol. The number of rotatable bonds is 4. The first kappa shape index (κ1) is 17.7. The molecule has 3 rings (SSSR count). The first-order valence-electron chi connectivity index (χ1n) is 8.04. The number of nitrogens with zero attached hydrogens (tertiary/aromatic N) is 2. The van der Waals surface area contributed by atoms with E-state index in [2.05, 4.69) is 49.1 Å². The van der Waals surface area contributed by atoms with E-state index in [-0.39, 0.29) is 0 Å². The van der Waals surface area contributed by atoms with Crippen molar-refractivity contribution >= 4 is 45.8 Å². The molecule has 0 spiro atoms. The van der Waals surface area contributed by atoms with Gasteiger partial charge in [0.2, 0.25) is 0 Å². The minimum atomic E-state index is 0.390. The average Bonchev–Trinajstić information content (AvgIpc) is 2.95. The lowest BCUT2D eigenvalue weighted by Gasteiger charge is -2.20. The smallest absolute Gasteiger partial charge is 0.165 e. The molecule has 1 saturated heterocycles. The number of hydrogen-bond donors (Lipinski definition) is 0. The summed E-state index contributed by atoms with van der Waals surface area (Å²) < 4.78 is 0. The van der Waals surface area contributed by atoms with Crippen LogP contribution in [0.4, 0.5) is 5.69 Å². The number of halogens is 2. The van der Waals surface area contributed by atoms with E-state index >= 15 is 0 Å². The molecule has 1 fully saturated rings. The second kappa shape index (κ2) is 7.81. The van der Waals surface area contributed by atoms with Crippen LogP contribution in [0.1, 0.15) is 24.7 Å². The monoisotopic (exact) mass is 378 g/mol. The van der Waals surface area contributed by atoms with Gasteiger partial charge in [-0.2, -0.15) is 0 Å². The highest BCUT2D eigenvalue weighted by Crippen LogP contribution is 2.41. The summed E-state index contributed by atoms with van der Waals surface area (Å²) in [5.41, 5.74) is 2.06. The summed E-state index contributed by atoms with van der Waals surface area (Å²) in [6.07, 6.45) is 0. The minimum Gasteiger partial charge on any atom is -0.349 e. The molecule has 2 aromatic carbocycles. The quantitative estimate of drug-likeness (QED) is 0.609. The molecule has 0 radical (unpaired) electrons. The molecule has 1 aliphatic rings. The molecule has 126 valence electrons. The first-order valence-corrected chi connectivity index (χ1v) is 9.67. The summed E-state index contributed by atoms with van der Waals surface area (Å²) in [6.45, 7) is 6.40. The van der Waals surface area contributed by atoms with Gasteiger partial charge in [-0.05, 0) is 23.6 Å². The standard InChI is InChI=1S/C19H20Cl2N2S/c1-13(2)11-23-12-17(14-7-4-3-5-8-14)24-19(23)22-16-10-6-9-15(20)18(16)21/h3-10,13,17H,11-12H2,1-2H3/b22-19-. The third-order valence-electron chi connectivity index (χ3n) is 3.81. The van der Waals surface area contributed by atoms with Gasteiger partial charge in [-0.3, -0.25) is 0 Å². The van der Waals surface area contributed by atoms with Crippen molar-refractivity contribution in [3.63, 3.8) is 0 Å². The van der Waals surface area contributed by atoms with Crippen LogP contribution in [0.25, 0.3) is 0 Å². The second-order valence-corrected chi connectivity index (χ2v) is 8.24. The summed E-state index contributed by atoms with van der Waals surface area (Å²) >= 11 is 14.2. The fourth-order valence-corrected chi connectivity index (χ4v) is 4.32. The molecule has 1 aliphatic heterocycles. The molecule has 0 N–H and O–H groups in total. The van der Waals surface area contributed by atoms with E-state index in [1.807, 2.05) is 12.1 Å². The van der Waals surface area contributed by atoms with Crippen LogP contribution in [0.15, 0.2) is 53.5 Å². The van der Waals surface area contributed by atoms with Crippen LogP contribution in [-0.2, 0) is 0 Å². The fraction of sp³-hybridized carbons (Fsp3) is 0.316. The maximum atomic E-state index is 6.31. The third-order valence-corrected chi connectivity index (χ3v) is 5.88. The van der Waals surface area contributed by atoms with Crippen LogP contribution < -0.4 is 0 Å². The Kier molecular flexibility index (Phi) is 5.75. The van der Waals surface area contributed by atoms with E-state index in [1.165, 1.54) is 5.56 Å². The number of benzene rings is 2. The highest BCUT2D eigenvalue weighted by Gasteiger charge is 2.30.